The van der Waals surface area contributed by atoms with Gasteiger partial charge in [-0.3, -0.25) is 13.9 Å². The number of rotatable bonds is 11. The third kappa shape index (κ3) is 8.57. The Morgan fingerprint density at radius 3 is 1.77 bits per heavy atom. The van der Waals surface area contributed by atoms with Crippen LogP contribution in [0.1, 0.15) is 43.0 Å². The second-order valence-corrected chi connectivity index (χ2v) is 14.0. The van der Waals surface area contributed by atoms with E-state index in [4.69, 9.17) is 0 Å². The largest absolute Gasteiger partial charge is 0.350 e. The molecule has 7 nitrogen and oxygen atoms in total. The van der Waals surface area contributed by atoms with Crippen LogP contribution in [0.2, 0.25) is 0 Å². The van der Waals surface area contributed by atoms with Crippen molar-refractivity contribution >= 4 is 27.5 Å². The third-order valence-corrected chi connectivity index (χ3v) is 8.86. The smallest absolute Gasteiger partial charge is 0.264 e. The second-order valence-electron chi connectivity index (χ2n) is 12.1. The summed E-state index contributed by atoms with van der Waals surface area (Å²) >= 11 is 0. The first kappa shape index (κ1) is 32.5. The van der Waals surface area contributed by atoms with Crippen LogP contribution in [-0.2, 0) is 32.6 Å². The lowest BCUT2D eigenvalue weighted by Crippen LogP contribution is -2.56. The number of anilines is 1. The summed E-state index contributed by atoms with van der Waals surface area (Å²) in [4.78, 5) is 30.0. The molecule has 0 bridgehead atoms. The van der Waals surface area contributed by atoms with Gasteiger partial charge in [-0.1, -0.05) is 84.9 Å². The monoisotopic (exact) mass is 611 g/mol. The lowest BCUT2D eigenvalue weighted by molar-refractivity contribution is -0.140. The van der Waals surface area contributed by atoms with E-state index in [9.17, 15) is 18.0 Å². The average Bonchev–Trinajstić information content (AvgIpc) is 2.97. The molecule has 0 aromatic heterocycles. The molecule has 4 aromatic rings. The molecule has 1 atom stereocenters. The molecule has 1 unspecified atom stereocenters. The van der Waals surface area contributed by atoms with Gasteiger partial charge in [0.25, 0.3) is 10.0 Å². The summed E-state index contributed by atoms with van der Waals surface area (Å²) in [5.74, 6) is -0.799. The Labute approximate surface area is 261 Å². The van der Waals surface area contributed by atoms with Gasteiger partial charge < -0.3 is 10.2 Å². The number of carbonyl (C=O) groups is 2. The maximum atomic E-state index is 14.5. The Kier molecular flexibility index (Phi) is 10.3. The molecule has 4 rings (SSSR count). The topological polar surface area (TPSA) is 86.8 Å². The van der Waals surface area contributed by atoms with Crippen molar-refractivity contribution in [2.24, 2.45) is 0 Å². The lowest BCUT2D eigenvalue weighted by Gasteiger charge is -2.35. The van der Waals surface area contributed by atoms with Gasteiger partial charge in [-0.2, -0.15) is 0 Å². The highest BCUT2D eigenvalue weighted by atomic mass is 32.2. The van der Waals surface area contributed by atoms with E-state index in [-0.39, 0.29) is 23.8 Å². The Morgan fingerprint density at radius 1 is 0.750 bits per heavy atom. The van der Waals surface area contributed by atoms with Gasteiger partial charge in [-0.25, -0.2) is 8.42 Å². The molecule has 0 saturated heterocycles. The predicted octanol–water partition coefficient (Wildman–Crippen LogP) is 6.05. The zero-order valence-electron chi connectivity index (χ0n) is 26.0. The van der Waals surface area contributed by atoms with Crippen LogP contribution < -0.4 is 9.62 Å². The molecule has 44 heavy (non-hydrogen) atoms. The SMILES string of the molecule is Cc1cc(C)cc(N(CC(=O)N(Cc2ccccc2)C(Cc2ccccc2)C(=O)NC(C)(C)C)S(=O)(=O)c2ccccc2)c1. The van der Waals surface area contributed by atoms with Gasteiger partial charge in [-0.05, 0) is 81.1 Å². The van der Waals surface area contributed by atoms with Crippen molar-refractivity contribution in [1.29, 1.82) is 0 Å². The minimum atomic E-state index is -4.14. The first-order valence-corrected chi connectivity index (χ1v) is 16.1. The summed E-state index contributed by atoms with van der Waals surface area (Å²) in [5, 5.41) is 3.05. The number of carbonyl (C=O) groups excluding carboxylic acids is 2. The number of hydrogen-bond acceptors (Lipinski definition) is 4. The average molecular weight is 612 g/mol. The van der Waals surface area contributed by atoms with Crippen LogP contribution in [0, 0.1) is 13.8 Å². The van der Waals surface area contributed by atoms with E-state index in [2.05, 4.69) is 5.32 Å². The van der Waals surface area contributed by atoms with Crippen molar-refractivity contribution < 1.29 is 18.0 Å². The molecule has 4 aromatic carbocycles. The fourth-order valence-electron chi connectivity index (χ4n) is 5.13. The molecule has 0 saturated carbocycles. The molecule has 0 heterocycles. The quantitative estimate of drug-likeness (QED) is 0.224. The second kappa shape index (κ2) is 13.9. The van der Waals surface area contributed by atoms with E-state index >= 15 is 0 Å². The molecule has 1 N–H and O–H groups in total. The number of nitrogens with zero attached hydrogens (tertiary/aromatic N) is 2. The van der Waals surface area contributed by atoms with Gasteiger partial charge >= 0.3 is 0 Å². The number of benzene rings is 4. The Hall–Kier alpha value is -4.43. The number of amides is 2. The molecule has 0 fully saturated rings. The highest BCUT2D eigenvalue weighted by Gasteiger charge is 2.35. The standard InChI is InChI=1S/C36H41N3O4S/c1-27-21-28(2)23-31(22-27)39(44(42,43)32-19-13-8-14-20-32)26-34(40)38(25-30-17-11-7-12-18-30)33(35(41)37-36(3,4)5)24-29-15-9-6-10-16-29/h6-23,33H,24-26H2,1-5H3,(H,37,41). The fraction of sp³-hybridized carbons (Fsp3) is 0.278. The van der Waals surface area contributed by atoms with Gasteiger partial charge in [0.05, 0.1) is 10.6 Å². The summed E-state index contributed by atoms with van der Waals surface area (Å²) in [6.45, 7) is 9.09. The maximum Gasteiger partial charge on any atom is 0.264 e. The Morgan fingerprint density at radius 2 is 1.25 bits per heavy atom. The molecule has 0 spiro atoms. The van der Waals surface area contributed by atoms with Gasteiger partial charge in [0.15, 0.2) is 0 Å². The Bertz CT molecular complexity index is 1650. The summed E-state index contributed by atoms with van der Waals surface area (Å²) in [7, 11) is -4.14. The van der Waals surface area contributed by atoms with E-state index in [1.807, 2.05) is 101 Å². The minimum absolute atomic E-state index is 0.0767. The van der Waals surface area contributed by atoms with Crippen LogP contribution in [0.4, 0.5) is 5.69 Å². The summed E-state index contributed by atoms with van der Waals surface area (Å²) in [5.41, 5.74) is 3.29. The molecule has 0 radical (unpaired) electrons. The molecule has 0 aliphatic rings. The van der Waals surface area contributed by atoms with Crippen molar-refractivity contribution in [3.05, 3.63) is 131 Å². The normalized spacial score (nSPS) is 12.3. The van der Waals surface area contributed by atoms with Gasteiger partial charge in [0.1, 0.15) is 12.6 Å². The molecule has 8 heteroatoms. The lowest BCUT2D eigenvalue weighted by atomic mass is 10.0. The molecule has 2 amide bonds. The van der Waals surface area contributed by atoms with Crippen LogP contribution in [0.15, 0.2) is 114 Å². The molecular formula is C36H41N3O4S. The van der Waals surface area contributed by atoms with E-state index in [0.717, 1.165) is 26.6 Å². The maximum absolute atomic E-state index is 14.5. The molecule has 230 valence electrons. The molecule has 0 aliphatic heterocycles. The van der Waals surface area contributed by atoms with Crippen LogP contribution in [0.5, 0.6) is 0 Å². The highest BCUT2D eigenvalue weighted by molar-refractivity contribution is 7.92. The fourth-order valence-corrected chi connectivity index (χ4v) is 6.55. The third-order valence-electron chi connectivity index (χ3n) is 7.07. The first-order chi connectivity index (χ1) is 20.8. The van der Waals surface area contributed by atoms with Crippen molar-refractivity contribution in [2.75, 3.05) is 10.8 Å². The van der Waals surface area contributed by atoms with Gasteiger partial charge in [0, 0.05) is 18.5 Å². The zero-order chi connectivity index (χ0) is 31.9. The van der Waals surface area contributed by atoms with E-state index in [1.54, 1.807) is 30.3 Å². The molecule has 0 aliphatic carbocycles. The van der Waals surface area contributed by atoms with E-state index in [1.165, 1.54) is 17.0 Å². The minimum Gasteiger partial charge on any atom is -0.350 e. The first-order valence-electron chi connectivity index (χ1n) is 14.7. The van der Waals surface area contributed by atoms with Crippen molar-refractivity contribution in [3.8, 4) is 0 Å². The number of hydrogen-bond donors (Lipinski definition) is 1. The van der Waals surface area contributed by atoms with Gasteiger partial charge in [-0.15, -0.1) is 0 Å². The van der Waals surface area contributed by atoms with E-state index in [0.29, 0.717) is 5.69 Å². The van der Waals surface area contributed by atoms with Gasteiger partial charge in [0.2, 0.25) is 11.8 Å². The Balaban J connectivity index is 1.82. The van der Waals surface area contributed by atoms with Crippen LogP contribution >= 0.6 is 0 Å². The summed E-state index contributed by atoms with van der Waals surface area (Å²) < 4.78 is 29.4. The highest BCUT2D eigenvalue weighted by Crippen LogP contribution is 2.27. The predicted molar refractivity (Wildman–Crippen MR) is 176 cm³/mol. The van der Waals surface area contributed by atoms with Crippen LogP contribution in [-0.4, -0.2) is 43.3 Å². The van der Waals surface area contributed by atoms with Crippen molar-refractivity contribution in [3.63, 3.8) is 0 Å². The summed E-state index contributed by atoms with van der Waals surface area (Å²) in [6.07, 6.45) is 0.260. The van der Waals surface area contributed by atoms with E-state index < -0.39 is 34.1 Å². The number of sulfonamides is 1. The van der Waals surface area contributed by atoms with Crippen molar-refractivity contribution in [1.82, 2.24) is 10.2 Å². The van der Waals surface area contributed by atoms with Crippen molar-refractivity contribution in [2.45, 2.75) is 64.1 Å². The van der Waals surface area contributed by atoms with Crippen LogP contribution in [0.3, 0.4) is 0 Å². The number of nitrogens with one attached hydrogen (secondary N) is 1. The zero-order valence-corrected chi connectivity index (χ0v) is 26.8. The number of aryl methyl sites for hydroxylation is 2. The summed E-state index contributed by atoms with van der Waals surface area (Å²) in [6, 6.07) is 31.6. The van der Waals surface area contributed by atoms with Crippen LogP contribution in [0.25, 0.3) is 0 Å². The molecular weight excluding hydrogens is 570 g/mol.